The summed E-state index contributed by atoms with van der Waals surface area (Å²) in [7, 11) is 0. The van der Waals surface area contributed by atoms with Gasteiger partial charge in [0.05, 0.1) is 0 Å². The summed E-state index contributed by atoms with van der Waals surface area (Å²) >= 11 is 0. The third kappa shape index (κ3) is 4.38. The summed E-state index contributed by atoms with van der Waals surface area (Å²) in [5.41, 5.74) is 5.26. The highest BCUT2D eigenvalue weighted by molar-refractivity contribution is 5.93. The summed E-state index contributed by atoms with van der Waals surface area (Å²) in [5, 5.41) is 2.97. The van der Waals surface area contributed by atoms with Gasteiger partial charge in [0.1, 0.15) is 5.75 Å². The Morgan fingerprint density at radius 2 is 1.62 bits per heavy atom. The fourth-order valence-electron chi connectivity index (χ4n) is 2.91. The number of para-hydroxylation sites is 1. The van der Waals surface area contributed by atoms with E-state index in [4.69, 9.17) is 4.74 Å². The molecule has 0 atom stereocenters. The maximum absolute atomic E-state index is 12.3. The molecule has 0 unspecified atom stereocenters. The first-order valence-electron chi connectivity index (χ1n) is 8.28. The van der Waals surface area contributed by atoms with Crippen LogP contribution in [0.5, 0.6) is 5.75 Å². The lowest BCUT2D eigenvalue weighted by atomic mass is 9.86. The van der Waals surface area contributed by atoms with E-state index < -0.39 is 0 Å². The first-order valence-corrected chi connectivity index (χ1v) is 8.28. The molecule has 3 heteroatoms. The zero-order valence-electron chi connectivity index (χ0n) is 15.5. The molecule has 0 fully saturated rings. The predicted octanol–water partition coefficient (Wildman–Crippen LogP) is 4.93. The van der Waals surface area contributed by atoms with Gasteiger partial charge in [0.2, 0.25) is 0 Å². The number of hydrogen-bond donors (Lipinski definition) is 1. The standard InChI is InChI=1S/C21H27NO2/c1-14-11-15(2)20(16(3)12-14)22-19(23)13-24-18-10-8-7-9-17(18)21(4,5)6/h7-12H,13H2,1-6H3,(H,22,23). The fourth-order valence-corrected chi connectivity index (χ4v) is 2.91. The first-order chi connectivity index (χ1) is 11.2. The van der Waals surface area contributed by atoms with Crippen molar-refractivity contribution in [2.75, 3.05) is 11.9 Å². The van der Waals surface area contributed by atoms with Crippen molar-refractivity contribution in [2.24, 2.45) is 0 Å². The maximum Gasteiger partial charge on any atom is 0.262 e. The van der Waals surface area contributed by atoms with Gasteiger partial charge in [-0.3, -0.25) is 4.79 Å². The molecule has 3 nitrogen and oxygen atoms in total. The number of rotatable bonds is 4. The lowest BCUT2D eigenvalue weighted by Gasteiger charge is -2.22. The minimum atomic E-state index is -0.145. The van der Waals surface area contributed by atoms with Crippen molar-refractivity contribution in [3.8, 4) is 5.75 Å². The number of nitrogens with one attached hydrogen (secondary N) is 1. The Labute approximate surface area is 145 Å². The van der Waals surface area contributed by atoms with E-state index in [2.05, 4.69) is 45.1 Å². The van der Waals surface area contributed by atoms with Crippen LogP contribution in [0.2, 0.25) is 0 Å². The highest BCUT2D eigenvalue weighted by Gasteiger charge is 2.19. The molecular formula is C21H27NO2. The van der Waals surface area contributed by atoms with Crippen LogP contribution < -0.4 is 10.1 Å². The molecule has 0 aliphatic heterocycles. The van der Waals surface area contributed by atoms with E-state index in [9.17, 15) is 4.79 Å². The van der Waals surface area contributed by atoms with E-state index in [0.717, 1.165) is 28.1 Å². The Morgan fingerprint density at radius 3 is 2.21 bits per heavy atom. The number of aryl methyl sites for hydroxylation is 3. The summed E-state index contributed by atoms with van der Waals surface area (Å²) in [5.74, 6) is 0.617. The Balaban J connectivity index is 2.08. The number of carbonyl (C=O) groups is 1. The van der Waals surface area contributed by atoms with E-state index in [1.54, 1.807) is 0 Å². The molecule has 2 rings (SSSR count). The van der Waals surface area contributed by atoms with Crippen LogP contribution in [0.15, 0.2) is 36.4 Å². The molecule has 0 bridgehead atoms. The van der Waals surface area contributed by atoms with Crippen LogP contribution in [0.1, 0.15) is 43.0 Å². The molecule has 128 valence electrons. The van der Waals surface area contributed by atoms with Gasteiger partial charge in [0.25, 0.3) is 5.91 Å². The normalized spacial score (nSPS) is 11.2. The number of carbonyl (C=O) groups excluding carboxylic acids is 1. The number of hydrogen-bond acceptors (Lipinski definition) is 2. The van der Waals surface area contributed by atoms with Crippen molar-refractivity contribution < 1.29 is 9.53 Å². The minimum absolute atomic E-state index is 0.000149. The summed E-state index contributed by atoms with van der Waals surface area (Å²) < 4.78 is 5.79. The third-order valence-corrected chi connectivity index (χ3v) is 4.00. The van der Waals surface area contributed by atoms with E-state index >= 15 is 0 Å². The van der Waals surface area contributed by atoms with Gasteiger partial charge in [-0.1, -0.05) is 56.7 Å². The largest absolute Gasteiger partial charge is 0.483 e. The van der Waals surface area contributed by atoms with Gasteiger partial charge in [-0.15, -0.1) is 0 Å². The van der Waals surface area contributed by atoms with E-state index in [0.29, 0.717) is 0 Å². The first kappa shape index (κ1) is 18.1. The molecule has 0 spiro atoms. The molecular weight excluding hydrogens is 298 g/mol. The van der Waals surface area contributed by atoms with Gasteiger partial charge in [-0.05, 0) is 48.9 Å². The van der Waals surface area contributed by atoms with Gasteiger partial charge < -0.3 is 10.1 Å². The number of amides is 1. The van der Waals surface area contributed by atoms with E-state index in [1.807, 2.05) is 38.1 Å². The minimum Gasteiger partial charge on any atom is -0.483 e. The highest BCUT2D eigenvalue weighted by atomic mass is 16.5. The zero-order valence-corrected chi connectivity index (χ0v) is 15.5. The average molecular weight is 325 g/mol. The lowest BCUT2D eigenvalue weighted by Crippen LogP contribution is -2.22. The van der Waals surface area contributed by atoms with Crippen molar-refractivity contribution in [2.45, 2.75) is 47.0 Å². The molecule has 0 saturated heterocycles. The molecule has 24 heavy (non-hydrogen) atoms. The Hall–Kier alpha value is -2.29. The van der Waals surface area contributed by atoms with Crippen molar-refractivity contribution in [3.63, 3.8) is 0 Å². The molecule has 2 aromatic carbocycles. The molecule has 0 aliphatic rings. The Morgan fingerprint density at radius 1 is 1.04 bits per heavy atom. The molecule has 2 aromatic rings. The summed E-state index contributed by atoms with van der Waals surface area (Å²) in [6.07, 6.45) is 0. The predicted molar refractivity (Wildman–Crippen MR) is 99.9 cm³/mol. The SMILES string of the molecule is Cc1cc(C)c(NC(=O)COc2ccccc2C(C)(C)C)c(C)c1. The Kier molecular flexibility index (Phi) is 5.33. The topological polar surface area (TPSA) is 38.3 Å². The second-order valence-corrected chi connectivity index (χ2v) is 7.36. The average Bonchev–Trinajstić information content (AvgIpc) is 2.48. The summed E-state index contributed by atoms with van der Waals surface area (Å²) in [4.78, 5) is 12.3. The molecule has 0 heterocycles. The second kappa shape index (κ2) is 7.08. The molecule has 0 radical (unpaired) electrons. The van der Waals surface area contributed by atoms with Gasteiger partial charge in [0, 0.05) is 5.69 Å². The van der Waals surface area contributed by atoms with Crippen molar-refractivity contribution in [3.05, 3.63) is 58.7 Å². The van der Waals surface area contributed by atoms with Crippen molar-refractivity contribution in [1.29, 1.82) is 0 Å². The van der Waals surface area contributed by atoms with E-state index in [-0.39, 0.29) is 17.9 Å². The third-order valence-electron chi connectivity index (χ3n) is 4.00. The van der Waals surface area contributed by atoms with Crippen LogP contribution in [0, 0.1) is 20.8 Å². The zero-order chi connectivity index (χ0) is 17.9. The molecule has 1 N–H and O–H groups in total. The van der Waals surface area contributed by atoms with Crippen LogP contribution in [-0.2, 0) is 10.2 Å². The lowest BCUT2D eigenvalue weighted by molar-refractivity contribution is -0.118. The van der Waals surface area contributed by atoms with Crippen LogP contribution in [0.3, 0.4) is 0 Å². The van der Waals surface area contributed by atoms with Crippen LogP contribution >= 0.6 is 0 Å². The monoisotopic (exact) mass is 325 g/mol. The second-order valence-electron chi connectivity index (χ2n) is 7.36. The highest BCUT2D eigenvalue weighted by Crippen LogP contribution is 2.31. The summed E-state index contributed by atoms with van der Waals surface area (Å²) in [6, 6.07) is 12.0. The number of ether oxygens (including phenoxy) is 1. The fraction of sp³-hybridized carbons (Fsp3) is 0.381. The molecule has 0 aromatic heterocycles. The van der Waals surface area contributed by atoms with Crippen molar-refractivity contribution in [1.82, 2.24) is 0 Å². The quantitative estimate of drug-likeness (QED) is 0.866. The molecule has 1 amide bonds. The van der Waals surface area contributed by atoms with Gasteiger partial charge in [-0.2, -0.15) is 0 Å². The van der Waals surface area contributed by atoms with Crippen LogP contribution in [0.4, 0.5) is 5.69 Å². The number of anilines is 1. The summed E-state index contributed by atoms with van der Waals surface area (Å²) in [6.45, 7) is 12.5. The van der Waals surface area contributed by atoms with Crippen LogP contribution in [-0.4, -0.2) is 12.5 Å². The van der Waals surface area contributed by atoms with Crippen molar-refractivity contribution >= 4 is 11.6 Å². The van der Waals surface area contributed by atoms with E-state index in [1.165, 1.54) is 5.56 Å². The molecule has 0 aliphatic carbocycles. The molecule has 0 saturated carbocycles. The maximum atomic E-state index is 12.3. The number of benzene rings is 2. The Bertz CT molecular complexity index is 719. The smallest absolute Gasteiger partial charge is 0.262 e. The van der Waals surface area contributed by atoms with Gasteiger partial charge in [-0.25, -0.2) is 0 Å². The van der Waals surface area contributed by atoms with Gasteiger partial charge in [0.15, 0.2) is 6.61 Å². The van der Waals surface area contributed by atoms with Crippen LogP contribution in [0.25, 0.3) is 0 Å². The van der Waals surface area contributed by atoms with Gasteiger partial charge >= 0.3 is 0 Å².